The third-order valence-corrected chi connectivity index (χ3v) is 10.9. The molecule has 15 heteroatoms. The molecule has 5 rings (SSSR count). The SMILES string of the molecule is C=CC1CC1(NC(=O)C1CC(Oc2nccc3ccc(OC)cc23)CN1C(=O)C(NC(=O)OC(C)(C)C)C(C)(C)C)C(=O)NS(=O)(=O)C1CC1. The van der Waals surface area contributed by atoms with Crippen molar-refractivity contribution in [2.75, 3.05) is 13.7 Å². The minimum atomic E-state index is -3.90. The monoisotopic (exact) mass is 713 g/mol. The summed E-state index contributed by atoms with van der Waals surface area (Å²) >= 11 is 0. The molecule has 1 aromatic heterocycles. The molecule has 5 atom stereocenters. The first-order valence-corrected chi connectivity index (χ1v) is 18.2. The fourth-order valence-corrected chi connectivity index (χ4v) is 7.50. The summed E-state index contributed by atoms with van der Waals surface area (Å²) in [5.41, 5.74) is -3.20. The maximum atomic E-state index is 14.4. The topological polar surface area (TPSA) is 182 Å². The van der Waals surface area contributed by atoms with Crippen molar-refractivity contribution in [3.8, 4) is 11.6 Å². The summed E-state index contributed by atoms with van der Waals surface area (Å²) in [4.78, 5) is 60.7. The smallest absolute Gasteiger partial charge is 0.408 e. The average Bonchev–Trinajstić information content (AvgIpc) is 3.95. The molecule has 0 spiro atoms. The van der Waals surface area contributed by atoms with Gasteiger partial charge < -0.3 is 29.7 Å². The van der Waals surface area contributed by atoms with Gasteiger partial charge in [0.2, 0.25) is 27.7 Å². The fourth-order valence-electron chi connectivity index (χ4n) is 6.13. The molecule has 2 saturated carbocycles. The molecule has 14 nitrogen and oxygen atoms in total. The number of carbonyl (C=O) groups excluding carboxylic acids is 4. The average molecular weight is 714 g/mol. The number of fused-ring (bicyclic) bond motifs is 1. The molecule has 1 saturated heterocycles. The first-order chi connectivity index (χ1) is 23.3. The molecule has 2 aromatic rings. The molecule has 1 aliphatic heterocycles. The molecule has 4 amide bonds. The van der Waals surface area contributed by atoms with Gasteiger partial charge in [0.25, 0.3) is 5.91 Å². The van der Waals surface area contributed by atoms with Crippen molar-refractivity contribution < 1.29 is 41.8 Å². The van der Waals surface area contributed by atoms with E-state index in [4.69, 9.17) is 14.2 Å². The Kier molecular flexibility index (Phi) is 9.87. The largest absolute Gasteiger partial charge is 0.497 e. The maximum absolute atomic E-state index is 14.4. The zero-order valence-corrected chi connectivity index (χ0v) is 30.4. The number of hydrogen-bond acceptors (Lipinski definition) is 10. The van der Waals surface area contributed by atoms with Crippen LogP contribution in [0.2, 0.25) is 0 Å². The molecule has 2 heterocycles. The van der Waals surface area contributed by atoms with E-state index in [1.807, 2.05) is 18.2 Å². The molecular weight excluding hydrogens is 666 g/mol. The van der Waals surface area contributed by atoms with Crippen LogP contribution in [-0.4, -0.2) is 90.3 Å². The van der Waals surface area contributed by atoms with Gasteiger partial charge in [0.15, 0.2) is 0 Å². The number of benzene rings is 1. The number of methoxy groups -OCH3 is 1. The van der Waals surface area contributed by atoms with Crippen molar-refractivity contribution in [3.63, 3.8) is 0 Å². The number of rotatable bonds is 11. The first kappa shape index (κ1) is 36.9. The Morgan fingerprint density at radius 1 is 1.10 bits per heavy atom. The Hall–Kier alpha value is -4.40. The number of amides is 4. The van der Waals surface area contributed by atoms with Crippen LogP contribution in [-0.2, 0) is 29.1 Å². The number of aromatic nitrogens is 1. The number of sulfonamides is 1. The van der Waals surface area contributed by atoms with Crippen LogP contribution < -0.4 is 24.8 Å². The van der Waals surface area contributed by atoms with Gasteiger partial charge in [0.1, 0.15) is 35.1 Å². The van der Waals surface area contributed by atoms with Crippen LogP contribution in [0.15, 0.2) is 43.1 Å². The van der Waals surface area contributed by atoms with E-state index in [0.29, 0.717) is 24.0 Å². The molecular formula is C35H47N5O9S. The molecule has 3 aliphatic rings. The van der Waals surface area contributed by atoms with Crippen LogP contribution in [0, 0.1) is 11.3 Å². The summed E-state index contributed by atoms with van der Waals surface area (Å²) < 4.78 is 44.7. The van der Waals surface area contributed by atoms with Crippen molar-refractivity contribution in [1.82, 2.24) is 25.2 Å². The van der Waals surface area contributed by atoms with Gasteiger partial charge in [-0.05, 0) is 69.0 Å². The molecule has 272 valence electrons. The molecule has 0 bridgehead atoms. The lowest BCUT2D eigenvalue weighted by Crippen LogP contribution is -2.60. The van der Waals surface area contributed by atoms with Crippen LogP contribution in [0.4, 0.5) is 4.79 Å². The van der Waals surface area contributed by atoms with Gasteiger partial charge in [-0.2, -0.15) is 0 Å². The standard InChI is InChI=1S/C35H47N5O9S/c1-9-21-18-35(21,31(43)39-50(45,46)24-12-13-24)38-28(41)26-17-23(48-29-25-16-22(47-8)11-10-20(25)14-15-36-29)19-40(26)30(42)27(33(2,3)4)37-32(44)49-34(5,6)7/h9-11,14-16,21,23-24,26-27H,1,12-13,17-19H2,2-8H3,(H,37,44)(H,38,41)(H,39,43). The second kappa shape index (κ2) is 13.4. The predicted octanol–water partition coefficient (Wildman–Crippen LogP) is 3.20. The zero-order chi connectivity index (χ0) is 36.8. The van der Waals surface area contributed by atoms with Gasteiger partial charge >= 0.3 is 6.09 Å². The Balaban J connectivity index is 1.45. The highest BCUT2D eigenvalue weighted by atomic mass is 32.2. The van der Waals surface area contributed by atoms with Crippen molar-refractivity contribution in [1.29, 1.82) is 0 Å². The summed E-state index contributed by atoms with van der Waals surface area (Å²) in [7, 11) is -2.35. The van der Waals surface area contributed by atoms with E-state index < -0.39 is 79.7 Å². The summed E-state index contributed by atoms with van der Waals surface area (Å²) in [6.07, 6.45) is 2.63. The third kappa shape index (κ3) is 7.98. The minimum Gasteiger partial charge on any atom is -0.497 e. The Labute approximate surface area is 292 Å². The number of likely N-dealkylation sites (tertiary alicyclic amines) is 1. The Morgan fingerprint density at radius 3 is 2.38 bits per heavy atom. The summed E-state index contributed by atoms with van der Waals surface area (Å²) in [6.45, 7) is 14.1. The normalized spacial score (nSPS) is 24.1. The quantitative estimate of drug-likeness (QED) is 0.293. The molecule has 5 unspecified atom stereocenters. The van der Waals surface area contributed by atoms with E-state index >= 15 is 0 Å². The first-order valence-electron chi connectivity index (χ1n) is 16.7. The van der Waals surface area contributed by atoms with Crippen LogP contribution >= 0.6 is 0 Å². The number of carbonyl (C=O) groups is 4. The number of ether oxygens (including phenoxy) is 3. The van der Waals surface area contributed by atoms with Crippen LogP contribution in [0.5, 0.6) is 11.6 Å². The molecule has 0 radical (unpaired) electrons. The molecule has 2 aliphatic carbocycles. The van der Waals surface area contributed by atoms with Gasteiger partial charge in [-0.15, -0.1) is 6.58 Å². The van der Waals surface area contributed by atoms with Crippen molar-refractivity contribution in [2.45, 2.75) is 102 Å². The van der Waals surface area contributed by atoms with Gasteiger partial charge in [0.05, 0.1) is 18.9 Å². The van der Waals surface area contributed by atoms with Crippen molar-refractivity contribution >= 4 is 44.6 Å². The number of hydrogen-bond donors (Lipinski definition) is 3. The van der Waals surface area contributed by atoms with E-state index in [9.17, 15) is 27.6 Å². The van der Waals surface area contributed by atoms with Gasteiger partial charge in [-0.3, -0.25) is 19.1 Å². The van der Waals surface area contributed by atoms with Crippen LogP contribution in [0.3, 0.4) is 0 Å². The van der Waals surface area contributed by atoms with Gasteiger partial charge in [0, 0.05) is 23.9 Å². The molecule has 3 fully saturated rings. The lowest BCUT2D eigenvalue weighted by Gasteiger charge is -2.36. The second-order valence-corrected chi connectivity index (χ2v) is 17.3. The second-order valence-electron chi connectivity index (χ2n) is 15.3. The van der Waals surface area contributed by atoms with E-state index in [1.54, 1.807) is 60.9 Å². The number of pyridine rings is 1. The zero-order valence-electron chi connectivity index (χ0n) is 29.6. The highest BCUT2D eigenvalue weighted by Crippen LogP contribution is 2.45. The Bertz CT molecular complexity index is 1800. The van der Waals surface area contributed by atoms with Crippen molar-refractivity contribution in [2.24, 2.45) is 11.3 Å². The molecule has 3 N–H and O–H groups in total. The highest BCUT2D eigenvalue weighted by Gasteiger charge is 2.62. The summed E-state index contributed by atoms with van der Waals surface area (Å²) in [6, 6.07) is 4.99. The van der Waals surface area contributed by atoms with Gasteiger partial charge in [-0.1, -0.05) is 32.9 Å². The lowest BCUT2D eigenvalue weighted by molar-refractivity contribution is -0.143. The van der Waals surface area contributed by atoms with Crippen molar-refractivity contribution in [3.05, 3.63) is 43.1 Å². The molecule has 50 heavy (non-hydrogen) atoms. The summed E-state index contributed by atoms with van der Waals surface area (Å²) in [5.74, 6) is -1.75. The van der Waals surface area contributed by atoms with Gasteiger partial charge in [-0.25, -0.2) is 18.2 Å². The van der Waals surface area contributed by atoms with E-state index in [0.717, 1.165) is 5.39 Å². The minimum absolute atomic E-state index is 0.0136. The van der Waals surface area contributed by atoms with Crippen LogP contribution in [0.1, 0.15) is 67.2 Å². The third-order valence-electron chi connectivity index (χ3n) is 9.09. The lowest BCUT2D eigenvalue weighted by atomic mass is 9.85. The highest BCUT2D eigenvalue weighted by molar-refractivity contribution is 7.91. The summed E-state index contributed by atoms with van der Waals surface area (Å²) in [5, 5.41) is 6.32. The molecule has 1 aromatic carbocycles. The van der Waals surface area contributed by atoms with E-state index in [1.165, 1.54) is 11.0 Å². The van der Waals surface area contributed by atoms with E-state index in [-0.39, 0.29) is 25.3 Å². The fraction of sp³-hybridized carbons (Fsp3) is 0.571. The van der Waals surface area contributed by atoms with E-state index in [2.05, 4.69) is 26.9 Å². The number of nitrogens with zero attached hydrogens (tertiary/aromatic N) is 2. The van der Waals surface area contributed by atoms with Crippen LogP contribution in [0.25, 0.3) is 10.8 Å². The Morgan fingerprint density at radius 2 is 1.80 bits per heavy atom. The predicted molar refractivity (Wildman–Crippen MR) is 185 cm³/mol. The maximum Gasteiger partial charge on any atom is 0.408 e. The number of nitrogens with one attached hydrogen (secondary N) is 3. The number of alkyl carbamates (subject to hydrolysis) is 1.